The number of hydrogen-bond donors (Lipinski definition) is 4. The molecule has 0 aliphatic carbocycles. The van der Waals surface area contributed by atoms with Gasteiger partial charge in [0.15, 0.2) is 0 Å². The number of amides is 1. The molecule has 2 heterocycles. The summed E-state index contributed by atoms with van der Waals surface area (Å²) < 4.78 is 1.64. The highest BCUT2D eigenvalue weighted by Gasteiger charge is 2.03. The molecule has 3 aromatic rings. The van der Waals surface area contributed by atoms with Gasteiger partial charge in [0.2, 0.25) is 5.91 Å². The molecule has 0 unspecified atom stereocenters. The molecule has 1 amide bonds. The van der Waals surface area contributed by atoms with E-state index in [1.165, 1.54) is 12.4 Å². The van der Waals surface area contributed by atoms with Crippen molar-refractivity contribution in [1.82, 2.24) is 19.7 Å². The van der Waals surface area contributed by atoms with Crippen LogP contribution in [0.4, 0.5) is 23.0 Å². The van der Waals surface area contributed by atoms with Crippen molar-refractivity contribution in [2.24, 2.45) is 0 Å². The molecule has 28 heavy (non-hydrogen) atoms. The van der Waals surface area contributed by atoms with Crippen molar-refractivity contribution in [3.05, 3.63) is 67.3 Å². The molecule has 4 N–H and O–H groups in total. The molecule has 0 spiro atoms. The Morgan fingerprint density at radius 3 is 2.71 bits per heavy atom. The van der Waals surface area contributed by atoms with Crippen LogP contribution in [0.2, 0.25) is 0 Å². The van der Waals surface area contributed by atoms with Gasteiger partial charge in [0.25, 0.3) is 0 Å². The van der Waals surface area contributed by atoms with E-state index in [0.29, 0.717) is 30.4 Å². The van der Waals surface area contributed by atoms with Gasteiger partial charge in [-0.2, -0.15) is 5.10 Å². The van der Waals surface area contributed by atoms with Gasteiger partial charge in [0.05, 0.1) is 25.0 Å². The summed E-state index contributed by atoms with van der Waals surface area (Å²) >= 11 is 0. The van der Waals surface area contributed by atoms with Crippen LogP contribution in [0.5, 0.6) is 0 Å². The molecule has 0 saturated carbocycles. The molecule has 0 aliphatic heterocycles. The van der Waals surface area contributed by atoms with Gasteiger partial charge < -0.3 is 21.1 Å². The Balaban J connectivity index is 1.56. The molecule has 9 nitrogen and oxygen atoms in total. The lowest BCUT2D eigenvalue weighted by molar-refractivity contribution is -0.111. The number of aliphatic hydroxyl groups excluding tert-OH is 1. The summed E-state index contributed by atoms with van der Waals surface area (Å²) in [7, 11) is 0. The summed E-state index contributed by atoms with van der Waals surface area (Å²) in [5.74, 6) is 1.06. The first-order chi connectivity index (χ1) is 13.7. The predicted molar refractivity (Wildman–Crippen MR) is 107 cm³/mol. The summed E-state index contributed by atoms with van der Waals surface area (Å²) in [6.07, 6.45) is 6.15. The Kier molecular flexibility index (Phi) is 6.32. The average molecular weight is 379 g/mol. The number of carbonyl (C=O) groups is 1. The first-order valence-corrected chi connectivity index (χ1v) is 8.65. The van der Waals surface area contributed by atoms with Gasteiger partial charge in [-0.15, -0.1) is 0 Å². The third-order valence-corrected chi connectivity index (χ3v) is 3.78. The van der Waals surface area contributed by atoms with E-state index in [9.17, 15) is 4.79 Å². The number of benzene rings is 1. The normalized spacial score (nSPS) is 10.3. The molecule has 3 rings (SSSR count). The topological polar surface area (TPSA) is 117 Å². The lowest BCUT2D eigenvalue weighted by atomic mass is 10.2. The first-order valence-electron chi connectivity index (χ1n) is 8.65. The number of carbonyl (C=O) groups excluding carboxylic acids is 1. The van der Waals surface area contributed by atoms with E-state index in [2.05, 4.69) is 37.6 Å². The van der Waals surface area contributed by atoms with Crippen molar-refractivity contribution in [1.29, 1.82) is 0 Å². The van der Waals surface area contributed by atoms with E-state index >= 15 is 0 Å². The van der Waals surface area contributed by atoms with Crippen molar-refractivity contribution in [2.45, 2.75) is 13.1 Å². The number of rotatable bonds is 9. The van der Waals surface area contributed by atoms with Crippen molar-refractivity contribution in [2.75, 3.05) is 22.6 Å². The predicted octanol–water partition coefficient (Wildman–Crippen LogP) is 2.15. The summed E-state index contributed by atoms with van der Waals surface area (Å²) in [5, 5.41) is 22.2. The fourth-order valence-corrected chi connectivity index (χ4v) is 2.41. The molecule has 2 aromatic heterocycles. The van der Waals surface area contributed by atoms with Crippen LogP contribution in [0.1, 0.15) is 5.56 Å². The van der Waals surface area contributed by atoms with Crippen LogP contribution < -0.4 is 16.0 Å². The Hall–Kier alpha value is -3.72. The number of anilines is 4. The van der Waals surface area contributed by atoms with Gasteiger partial charge in [0, 0.05) is 24.5 Å². The molecule has 0 atom stereocenters. The average Bonchev–Trinajstić information content (AvgIpc) is 3.15. The maximum Gasteiger partial charge on any atom is 0.247 e. The smallest absolute Gasteiger partial charge is 0.247 e. The zero-order valence-electron chi connectivity index (χ0n) is 15.2. The minimum Gasteiger partial charge on any atom is -0.394 e. The molecular formula is C19H21N7O2. The Labute approximate surface area is 162 Å². The number of nitrogens with zero attached hydrogens (tertiary/aromatic N) is 4. The van der Waals surface area contributed by atoms with Crippen LogP contribution in [0.25, 0.3) is 0 Å². The zero-order valence-corrected chi connectivity index (χ0v) is 15.2. The third-order valence-electron chi connectivity index (χ3n) is 3.78. The van der Waals surface area contributed by atoms with Crippen LogP contribution in [0, 0.1) is 0 Å². The monoisotopic (exact) mass is 379 g/mol. The summed E-state index contributed by atoms with van der Waals surface area (Å²) in [6.45, 7) is 4.47. The molecule has 9 heteroatoms. The lowest BCUT2D eigenvalue weighted by Crippen LogP contribution is -2.07. The maximum atomic E-state index is 11.3. The van der Waals surface area contributed by atoms with Gasteiger partial charge >= 0.3 is 0 Å². The Morgan fingerprint density at radius 1 is 1.18 bits per heavy atom. The second-order valence-electron chi connectivity index (χ2n) is 5.87. The van der Waals surface area contributed by atoms with Gasteiger partial charge in [-0.05, 0) is 23.8 Å². The summed E-state index contributed by atoms with van der Waals surface area (Å²) in [5.41, 5.74) is 2.52. The molecule has 1 aromatic carbocycles. The van der Waals surface area contributed by atoms with E-state index in [1.54, 1.807) is 23.1 Å². The quantitative estimate of drug-likeness (QED) is 0.421. The first kappa shape index (κ1) is 19.1. The van der Waals surface area contributed by atoms with E-state index < -0.39 is 0 Å². The van der Waals surface area contributed by atoms with Gasteiger partial charge in [-0.3, -0.25) is 9.48 Å². The number of aromatic nitrogens is 4. The van der Waals surface area contributed by atoms with Crippen molar-refractivity contribution in [3.63, 3.8) is 0 Å². The van der Waals surface area contributed by atoms with Gasteiger partial charge in [-0.1, -0.05) is 18.7 Å². The summed E-state index contributed by atoms with van der Waals surface area (Å²) in [6, 6.07) is 9.29. The highest BCUT2D eigenvalue weighted by Crippen LogP contribution is 2.16. The molecule has 0 aliphatic rings. The third kappa shape index (κ3) is 5.39. The van der Waals surface area contributed by atoms with Gasteiger partial charge in [-0.25, -0.2) is 9.97 Å². The van der Waals surface area contributed by atoms with E-state index in [4.69, 9.17) is 5.11 Å². The second-order valence-corrected chi connectivity index (χ2v) is 5.87. The highest BCUT2D eigenvalue weighted by molar-refractivity contribution is 5.98. The second kappa shape index (κ2) is 9.28. The van der Waals surface area contributed by atoms with E-state index in [1.807, 2.05) is 24.3 Å². The van der Waals surface area contributed by atoms with E-state index in [-0.39, 0.29) is 12.5 Å². The molecule has 0 fully saturated rings. The van der Waals surface area contributed by atoms with Gasteiger partial charge in [0.1, 0.15) is 18.0 Å². The number of aliphatic hydroxyl groups is 1. The minimum atomic E-state index is -0.242. The zero-order chi connectivity index (χ0) is 19.8. The number of hydrogen-bond acceptors (Lipinski definition) is 7. The Morgan fingerprint density at radius 2 is 1.96 bits per heavy atom. The van der Waals surface area contributed by atoms with Crippen LogP contribution in [-0.2, 0) is 17.9 Å². The molecule has 0 bridgehead atoms. The fraction of sp³-hybridized carbons (Fsp3) is 0.158. The Bertz CT molecular complexity index is 937. The SMILES string of the molecule is C=CC(=O)Nc1ccc(CNc2cc(Nc3cnn(CCO)c3)ncn2)cc1. The highest BCUT2D eigenvalue weighted by atomic mass is 16.3. The number of nitrogens with one attached hydrogen (secondary N) is 3. The van der Waals surface area contributed by atoms with Crippen LogP contribution in [-0.4, -0.2) is 37.4 Å². The van der Waals surface area contributed by atoms with Crippen LogP contribution in [0.15, 0.2) is 61.7 Å². The molecule has 0 radical (unpaired) electrons. The van der Waals surface area contributed by atoms with Crippen molar-refractivity contribution < 1.29 is 9.90 Å². The van der Waals surface area contributed by atoms with E-state index in [0.717, 1.165) is 11.3 Å². The summed E-state index contributed by atoms with van der Waals surface area (Å²) in [4.78, 5) is 19.7. The molecular weight excluding hydrogens is 358 g/mol. The largest absolute Gasteiger partial charge is 0.394 e. The lowest BCUT2D eigenvalue weighted by Gasteiger charge is -2.09. The van der Waals surface area contributed by atoms with Crippen LogP contribution in [0.3, 0.4) is 0 Å². The van der Waals surface area contributed by atoms with Crippen molar-refractivity contribution >= 4 is 28.9 Å². The van der Waals surface area contributed by atoms with Crippen LogP contribution >= 0.6 is 0 Å². The van der Waals surface area contributed by atoms with Crippen molar-refractivity contribution in [3.8, 4) is 0 Å². The maximum absolute atomic E-state index is 11.3. The minimum absolute atomic E-state index is 0.0320. The molecule has 144 valence electrons. The fourth-order valence-electron chi connectivity index (χ4n) is 2.41. The standard InChI is InChI=1S/C19H21N7O2/c1-2-19(28)25-15-5-3-14(4-6-15)10-20-17-9-18(22-13-21-17)24-16-11-23-26(12-16)7-8-27/h2-6,9,11-13,27H,1,7-8,10H2,(H,25,28)(H2,20,21,22,24). The molecule has 0 saturated heterocycles.